The summed E-state index contributed by atoms with van der Waals surface area (Å²) in [5.74, 6) is 0. The first-order valence-corrected chi connectivity index (χ1v) is 14.7. The van der Waals surface area contributed by atoms with Gasteiger partial charge >= 0.3 is 10.3 Å². The summed E-state index contributed by atoms with van der Waals surface area (Å²) < 4.78 is 3.94. The minimum absolute atomic E-state index is 0. The van der Waals surface area contributed by atoms with Crippen LogP contribution in [0.15, 0.2) is 92.1 Å². The van der Waals surface area contributed by atoms with E-state index in [2.05, 4.69) is 68.4 Å². The quantitative estimate of drug-likeness (QED) is 0.120. The van der Waals surface area contributed by atoms with E-state index in [4.69, 9.17) is 0 Å². The Kier molecular flexibility index (Phi) is 14.6. The number of aromatic nitrogens is 2. The molecule has 0 aliphatic rings. The van der Waals surface area contributed by atoms with Crippen molar-refractivity contribution in [3.63, 3.8) is 0 Å². The van der Waals surface area contributed by atoms with Gasteiger partial charge in [-0.25, -0.2) is 9.13 Å². The number of thiazole rings is 2. The van der Waals surface area contributed by atoms with E-state index in [1.807, 2.05) is 70.6 Å². The Morgan fingerprint density at radius 1 is 0.600 bits per heavy atom. The molecule has 0 unspecified atom stereocenters. The molecule has 2 aromatic carbocycles. The van der Waals surface area contributed by atoms with Gasteiger partial charge in [0.2, 0.25) is 0 Å². The number of azo groups is 2. The minimum Gasteiger partial charge on any atom is -1.00 e. The highest BCUT2D eigenvalue weighted by atomic mass is 79.9. The molecule has 0 fully saturated rings. The predicted molar refractivity (Wildman–Crippen MR) is 157 cm³/mol. The number of hydrogen-bond acceptors (Lipinski definition) is 8. The van der Waals surface area contributed by atoms with Gasteiger partial charge in [-0.3, -0.25) is 0 Å². The summed E-state index contributed by atoms with van der Waals surface area (Å²) in [4.78, 5) is 4.84. The molecule has 0 bridgehead atoms. The molecule has 12 heteroatoms. The van der Waals surface area contributed by atoms with E-state index in [1.165, 1.54) is 11.4 Å². The fraction of sp³-hybridized carbons (Fsp3) is 0.357. The molecule has 0 saturated carbocycles. The van der Waals surface area contributed by atoms with Gasteiger partial charge < -0.3 is 43.8 Å². The number of halogens is 2. The van der Waals surface area contributed by atoms with Gasteiger partial charge in [-0.05, 0) is 108 Å². The molecule has 2 heterocycles. The van der Waals surface area contributed by atoms with E-state index in [0.717, 1.165) is 60.7 Å². The molecule has 4 rings (SSSR count). The summed E-state index contributed by atoms with van der Waals surface area (Å²) in [7, 11) is 3.95. The van der Waals surface area contributed by atoms with Crippen LogP contribution in [0.4, 0.5) is 33.0 Å². The second-order valence-corrected chi connectivity index (χ2v) is 10.6. The number of aryl methyl sites for hydroxylation is 2. The third-order valence-electron chi connectivity index (χ3n) is 6.32. The number of benzene rings is 2. The lowest BCUT2D eigenvalue weighted by Gasteiger charge is -2.26. The minimum atomic E-state index is 0. The van der Waals surface area contributed by atoms with Crippen molar-refractivity contribution in [2.75, 3.05) is 36.0 Å². The normalized spacial score (nSPS) is 11.0. The fourth-order valence-corrected chi connectivity index (χ4v) is 5.41. The first-order valence-electron chi connectivity index (χ1n) is 13.0. The average Bonchev–Trinajstić information content (AvgIpc) is 3.56. The summed E-state index contributed by atoms with van der Waals surface area (Å²) in [6, 6.07) is 16.7. The molecule has 2 aromatic heterocycles. The zero-order chi connectivity index (χ0) is 26.7. The number of anilines is 2. The van der Waals surface area contributed by atoms with Crippen molar-refractivity contribution in [3.8, 4) is 0 Å². The van der Waals surface area contributed by atoms with Crippen molar-refractivity contribution in [3.05, 3.63) is 71.7 Å². The van der Waals surface area contributed by atoms with Crippen LogP contribution >= 0.6 is 22.7 Å². The molecule has 4 aromatic rings. The zero-order valence-electron chi connectivity index (χ0n) is 23.3. The first-order chi connectivity index (χ1) is 18.6. The predicted octanol–water partition coefficient (Wildman–Crippen LogP) is 1.43. The van der Waals surface area contributed by atoms with Gasteiger partial charge in [-0.2, -0.15) is 0 Å². The second-order valence-electron chi connectivity index (χ2n) is 8.89. The summed E-state index contributed by atoms with van der Waals surface area (Å²) in [6.07, 6.45) is 6.23. The Labute approximate surface area is 266 Å². The lowest BCUT2D eigenvalue weighted by atomic mass is 10.2. The Morgan fingerprint density at radius 3 is 1.27 bits per heavy atom. The Hall–Kier alpha value is -2.54. The number of nitrogens with zero attached hydrogens (tertiary/aromatic N) is 8. The Balaban J connectivity index is 0.00000280. The maximum absolute atomic E-state index is 4.38. The zero-order valence-corrected chi connectivity index (χ0v) is 28.1. The van der Waals surface area contributed by atoms with Crippen molar-refractivity contribution in [1.29, 1.82) is 0 Å². The van der Waals surface area contributed by atoms with Crippen LogP contribution in [-0.4, -0.2) is 26.2 Å². The van der Waals surface area contributed by atoms with Crippen molar-refractivity contribution in [1.82, 2.24) is 0 Å². The van der Waals surface area contributed by atoms with Gasteiger partial charge in [0.1, 0.15) is 23.8 Å². The van der Waals surface area contributed by atoms with E-state index in [-0.39, 0.29) is 34.0 Å². The fourth-order valence-electron chi connectivity index (χ4n) is 4.05. The molecule has 0 atom stereocenters. The molecule has 214 valence electrons. The standard InChI is InChI=1S/C28H36N8S2.2BrH/c1-5-35(25-13-9-23(10-14-25)29-31-27-33(3)19-21-37-27)17-7-8-18-36(6-2)26-15-11-24(12-16-26)30-32-28-34(4)20-22-38-28;;/h9-16,19-22H,5-8,17-18H2,1-4H3;2*1H/q+2;;/p-2. The lowest BCUT2D eigenvalue weighted by molar-refractivity contribution is -0.654. The molecular weight excluding hydrogens is 672 g/mol. The number of rotatable bonds is 13. The summed E-state index contributed by atoms with van der Waals surface area (Å²) in [5, 5.41) is 23.2. The van der Waals surface area contributed by atoms with E-state index in [0.29, 0.717) is 0 Å². The van der Waals surface area contributed by atoms with Crippen LogP contribution < -0.4 is 52.9 Å². The van der Waals surface area contributed by atoms with Crippen molar-refractivity contribution < 1.29 is 43.1 Å². The first kappa shape index (κ1) is 33.7. The number of hydrogen-bond donors (Lipinski definition) is 0. The Morgan fingerprint density at radius 2 is 0.975 bits per heavy atom. The highest BCUT2D eigenvalue weighted by Crippen LogP contribution is 2.24. The molecule has 40 heavy (non-hydrogen) atoms. The largest absolute Gasteiger partial charge is 1.00 e. The van der Waals surface area contributed by atoms with Crippen LogP contribution in [0.5, 0.6) is 0 Å². The smallest absolute Gasteiger partial charge is 0.408 e. The third-order valence-corrected chi connectivity index (χ3v) is 8.00. The lowest BCUT2D eigenvalue weighted by Crippen LogP contribution is -3.00. The van der Waals surface area contributed by atoms with Crippen molar-refractivity contribution in [2.45, 2.75) is 26.7 Å². The topological polar surface area (TPSA) is 63.7 Å². The molecule has 0 aliphatic carbocycles. The monoisotopic (exact) mass is 706 g/mol. The van der Waals surface area contributed by atoms with Crippen molar-refractivity contribution in [2.24, 2.45) is 34.6 Å². The molecule has 0 N–H and O–H groups in total. The van der Waals surface area contributed by atoms with E-state index in [1.54, 1.807) is 22.7 Å². The second kappa shape index (κ2) is 17.3. The van der Waals surface area contributed by atoms with Gasteiger partial charge in [0, 0.05) is 48.3 Å². The summed E-state index contributed by atoms with van der Waals surface area (Å²) >= 11 is 3.16. The van der Waals surface area contributed by atoms with Gasteiger partial charge in [-0.1, -0.05) is 0 Å². The summed E-state index contributed by atoms with van der Waals surface area (Å²) in [5.41, 5.74) is 4.18. The molecular formula is C28H36Br2N8S2. The van der Waals surface area contributed by atoms with Gasteiger partial charge in [0.25, 0.3) is 0 Å². The van der Waals surface area contributed by atoms with Crippen LogP contribution in [0.3, 0.4) is 0 Å². The highest BCUT2D eigenvalue weighted by Gasteiger charge is 2.10. The number of unbranched alkanes of at least 4 members (excludes halogenated alkanes) is 1. The van der Waals surface area contributed by atoms with Crippen LogP contribution in [0, 0.1) is 0 Å². The van der Waals surface area contributed by atoms with Crippen LogP contribution in [0.25, 0.3) is 0 Å². The SMILES string of the molecule is CCN(CCCCN(CC)c1ccc(N=Nc2scc[n+]2C)cc1)c1ccc(N=Nc2scc[n+]2C)cc1.[Br-].[Br-]. The van der Waals surface area contributed by atoms with E-state index in [9.17, 15) is 0 Å². The van der Waals surface area contributed by atoms with Gasteiger partial charge in [-0.15, -0.1) is 0 Å². The maximum atomic E-state index is 4.38. The Bertz CT molecular complexity index is 1230. The van der Waals surface area contributed by atoms with Gasteiger partial charge in [0.05, 0.1) is 24.3 Å². The third kappa shape index (κ3) is 9.53. The van der Waals surface area contributed by atoms with Crippen LogP contribution in [0.1, 0.15) is 26.7 Å². The average molecular weight is 709 g/mol. The van der Waals surface area contributed by atoms with Crippen molar-refractivity contribution >= 4 is 55.7 Å². The molecule has 0 aliphatic heterocycles. The van der Waals surface area contributed by atoms with Crippen LogP contribution in [0.2, 0.25) is 0 Å². The molecule has 0 radical (unpaired) electrons. The van der Waals surface area contributed by atoms with E-state index < -0.39 is 0 Å². The molecule has 0 saturated heterocycles. The molecule has 0 spiro atoms. The molecule has 8 nitrogen and oxygen atoms in total. The molecule has 0 amide bonds. The van der Waals surface area contributed by atoms with E-state index >= 15 is 0 Å². The van der Waals surface area contributed by atoms with Crippen LogP contribution in [-0.2, 0) is 14.1 Å². The maximum Gasteiger partial charge on any atom is 0.408 e. The van der Waals surface area contributed by atoms with Gasteiger partial charge in [0.15, 0.2) is 0 Å². The highest BCUT2D eigenvalue weighted by molar-refractivity contribution is 7.13. The summed E-state index contributed by atoms with van der Waals surface area (Å²) in [6.45, 7) is 8.42.